The number of fused-ring (bicyclic) bond motifs is 3. The Morgan fingerprint density at radius 3 is 3.03 bits per heavy atom. The van der Waals surface area contributed by atoms with Crippen molar-refractivity contribution in [1.82, 2.24) is 9.78 Å². The van der Waals surface area contributed by atoms with E-state index < -0.39 is 22.1 Å². The summed E-state index contributed by atoms with van der Waals surface area (Å²) in [5, 5.41) is 12.8. The Morgan fingerprint density at radius 1 is 1.38 bits per heavy atom. The highest BCUT2D eigenvalue weighted by molar-refractivity contribution is 7.91. The fraction of sp³-hybridized carbons (Fsp3) is 0.474. The molecule has 2 aromatic rings. The summed E-state index contributed by atoms with van der Waals surface area (Å²) in [5.41, 5.74) is 4.52. The van der Waals surface area contributed by atoms with Crippen molar-refractivity contribution in [2.75, 3.05) is 5.32 Å². The van der Waals surface area contributed by atoms with Crippen LogP contribution in [0.1, 0.15) is 35.6 Å². The average Bonchev–Trinajstić information content (AvgIpc) is 3.36. The molecule has 1 aromatic heterocycles. The molecule has 2 aliphatic carbocycles. The number of halogens is 1. The van der Waals surface area contributed by atoms with E-state index in [2.05, 4.69) is 20.8 Å². The van der Waals surface area contributed by atoms with Crippen molar-refractivity contribution < 1.29 is 18.1 Å². The number of hydrogen-bond acceptors (Lipinski definition) is 4. The number of carbonyl (C=O) groups excluding carboxylic acids is 1. The first-order chi connectivity index (χ1) is 13.8. The number of nitrogens with zero attached hydrogens (tertiary/aromatic N) is 3. The molecule has 3 N–H and O–H groups in total. The van der Waals surface area contributed by atoms with Crippen molar-refractivity contribution in [1.29, 1.82) is 0 Å². The Labute approximate surface area is 167 Å². The number of hydrogen-bond donors (Lipinski definition) is 2. The number of rotatable bonds is 2. The largest absolute Gasteiger partial charge is 0.472 e. The van der Waals surface area contributed by atoms with Gasteiger partial charge in [-0.05, 0) is 48.4 Å². The second kappa shape index (κ2) is 6.53. The number of carbonyl (C=O) groups is 1. The average molecular weight is 419 g/mol. The van der Waals surface area contributed by atoms with Crippen molar-refractivity contribution >= 4 is 21.6 Å². The van der Waals surface area contributed by atoms with Gasteiger partial charge in [-0.1, -0.05) is 6.07 Å². The molecule has 1 aliphatic heterocycles. The lowest BCUT2D eigenvalue weighted by Gasteiger charge is -2.15. The molecule has 2 heterocycles. The fourth-order valence-electron chi connectivity index (χ4n) is 4.53. The second-order valence-electron chi connectivity index (χ2n) is 7.90. The summed E-state index contributed by atoms with van der Waals surface area (Å²) >= 11 is 0. The lowest BCUT2D eigenvalue weighted by Crippen LogP contribution is -2.19. The quantitative estimate of drug-likeness (QED) is 0.779. The normalized spacial score (nSPS) is 23.7. The summed E-state index contributed by atoms with van der Waals surface area (Å²) in [4.78, 5) is 12.8. The third-order valence-electron chi connectivity index (χ3n) is 5.74. The van der Waals surface area contributed by atoms with Crippen LogP contribution in [-0.2, 0) is 42.1 Å². The Balaban J connectivity index is 1.49. The van der Waals surface area contributed by atoms with Crippen molar-refractivity contribution in [2.24, 2.45) is 9.50 Å². The molecule has 3 aliphatic rings. The van der Waals surface area contributed by atoms with Crippen LogP contribution < -0.4 is 15.2 Å². The Morgan fingerprint density at radius 2 is 2.21 bits per heavy atom. The molecule has 2 amide bonds. The molecule has 0 saturated carbocycles. The zero-order valence-electron chi connectivity index (χ0n) is 16.0. The Kier molecular flexibility index (Phi) is 4.18. The van der Waals surface area contributed by atoms with Crippen LogP contribution in [0.15, 0.2) is 21.5 Å². The van der Waals surface area contributed by atoms with Gasteiger partial charge < -0.3 is 10.1 Å². The molecular formula is C19H22FN5O3S. The Bertz CT molecular complexity index is 1150. The molecule has 5 rings (SSSR count). The standard InChI is InChI=1S/C19H22FN5O3S/c1-10-9-25-18(28-10)16(8-22-25)29(21,27)24-19(26)23-17-14-4-2-3-11(14)5-12-6-13(20)7-15(12)17/h5,8,10,13H,2-4,6-7,9H2,1H3,(H3,21,23,24,26,27)/t10-,13-,29-/m0/s1. The number of aromatic nitrogens is 2. The van der Waals surface area contributed by atoms with Crippen molar-refractivity contribution in [2.45, 2.75) is 62.7 Å². The molecule has 10 heteroatoms. The number of aryl methyl sites for hydroxylation is 1. The van der Waals surface area contributed by atoms with Crippen molar-refractivity contribution in [3.63, 3.8) is 0 Å². The first-order valence-corrected chi connectivity index (χ1v) is 11.3. The smallest absolute Gasteiger partial charge is 0.354 e. The minimum atomic E-state index is -3.54. The molecule has 3 atom stereocenters. The van der Waals surface area contributed by atoms with Crippen LogP contribution in [0, 0.1) is 0 Å². The summed E-state index contributed by atoms with van der Waals surface area (Å²) in [6.07, 6.45) is 3.58. The molecule has 0 radical (unpaired) electrons. The van der Waals surface area contributed by atoms with E-state index >= 15 is 0 Å². The van der Waals surface area contributed by atoms with Gasteiger partial charge in [-0.15, -0.1) is 4.36 Å². The van der Waals surface area contributed by atoms with Gasteiger partial charge in [0.15, 0.2) is 9.92 Å². The molecule has 0 bridgehead atoms. The lowest BCUT2D eigenvalue weighted by molar-refractivity contribution is 0.248. The second-order valence-corrected chi connectivity index (χ2v) is 9.66. The van der Waals surface area contributed by atoms with Crippen LogP contribution in [0.4, 0.5) is 14.9 Å². The molecule has 1 aromatic carbocycles. The van der Waals surface area contributed by atoms with Gasteiger partial charge in [0.05, 0.1) is 12.7 Å². The number of amides is 2. The maximum Gasteiger partial charge on any atom is 0.354 e. The molecule has 154 valence electrons. The summed E-state index contributed by atoms with van der Waals surface area (Å²) in [6, 6.07) is 1.25. The SMILES string of the molecule is C[C@H]1Cn2ncc([S@@](N)(=O)=NC(=O)Nc3c4c(cc5c3C[C@@H](F)C5)CCC4)c2O1. The highest BCUT2D eigenvalue weighted by Crippen LogP contribution is 2.39. The number of ether oxygens (including phenoxy) is 1. The van der Waals surface area contributed by atoms with Crippen LogP contribution >= 0.6 is 0 Å². The van der Waals surface area contributed by atoms with Gasteiger partial charge in [0, 0.05) is 18.5 Å². The van der Waals surface area contributed by atoms with Crippen LogP contribution in [0.5, 0.6) is 5.88 Å². The van der Waals surface area contributed by atoms with E-state index in [4.69, 9.17) is 9.88 Å². The van der Waals surface area contributed by atoms with Crippen LogP contribution in [0.2, 0.25) is 0 Å². The zero-order valence-corrected chi connectivity index (χ0v) is 16.8. The van der Waals surface area contributed by atoms with E-state index in [9.17, 15) is 13.4 Å². The summed E-state index contributed by atoms with van der Waals surface area (Å²) in [6.45, 7) is 2.37. The Hall–Kier alpha value is -2.46. The molecule has 0 fully saturated rings. The molecule has 8 nitrogen and oxygen atoms in total. The van der Waals surface area contributed by atoms with Gasteiger partial charge in [0.1, 0.15) is 17.2 Å². The number of alkyl halides is 1. The number of nitrogens with one attached hydrogen (secondary N) is 1. The minimum absolute atomic E-state index is 0.101. The van der Waals surface area contributed by atoms with Crippen LogP contribution in [0.3, 0.4) is 0 Å². The number of anilines is 1. The maximum absolute atomic E-state index is 14.0. The summed E-state index contributed by atoms with van der Waals surface area (Å²) in [7, 11) is -3.54. The zero-order chi connectivity index (χ0) is 20.3. The summed E-state index contributed by atoms with van der Waals surface area (Å²) < 4.78 is 37.9. The predicted octanol–water partition coefficient (Wildman–Crippen LogP) is 2.52. The van der Waals surface area contributed by atoms with E-state index in [1.807, 2.05) is 6.92 Å². The highest BCUT2D eigenvalue weighted by atomic mass is 32.2. The van der Waals surface area contributed by atoms with Crippen LogP contribution in [-0.4, -0.2) is 32.3 Å². The molecule has 29 heavy (non-hydrogen) atoms. The number of urea groups is 1. The van der Waals surface area contributed by atoms with E-state index in [1.165, 1.54) is 6.20 Å². The highest BCUT2D eigenvalue weighted by Gasteiger charge is 2.31. The molecule has 0 spiro atoms. The lowest BCUT2D eigenvalue weighted by atomic mass is 9.99. The van der Waals surface area contributed by atoms with E-state index in [0.717, 1.165) is 41.5 Å². The maximum atomic E-state index is 14.0. The van der Waals surface area contributed by atoms with Gasteiger partial charge in [0.25, 0.3) is 0 Å². The van der Waals surface area contributed by atoms with E-state index in [0.29, 0.717) is 18.7 Å². The third kappa shape index (κ3) is 3.10. The number of nitrogens with two attached hydrogens (primary N) is 1. The van der Waals surface area contributed by atoms with Crippen molar-refractivity contribution in [3.05, 3.63) is 34.5 Å². The van der Waals surface area contributed by atoms with Gasteiger partial charge in [0.2, 0.25) is 5.88 Å². The molecule has 0 saturated heterocycles. The van der Waals surface area contributed by atoms with E-state index in [1.54, 1.807) is 4.68 Å². The van der Waals surface area contributed by atoms with Gasteiger partial charge >= 0.3 is 6.03 Å². The van der Waals surface area contributed by atoms with Gasteiger partial charge in [-0.25, -0.2) is 23.2 Å². The summed E-state index contributed by atoms with van der Waals surface area (Å²) in [5.74, 6) is 0.281. The monoisotopic (exact) mass is 419 g/mol. The van der Waals surface area contributed by atoms with Crippen LogP contribution in [0.25, 0.3) is 0 Å². The van der Waals surface area contributed by atoms with Crippen molar-refractivity contribution in [3.8, 4) is 5.88 Å². The third-order valence-corrected chi connectivity index (χ3v) is 7.08. The molecular weight excluding hydrogens is 397 g/mol. The predicted molar refractivity (Wildman–Crippen MR) is 105 cm³/mol. The molecule has 0 unspecified atom stereocenters. The first-order valence-electron chi connectivity index (χ1n) is 9.71. The number of benzene rings is 1. The topological polar surface area (TPSA) is 112 Å². The van der Waals surface area contributed by atoms with E-state index in [-0.39, 0.29) is 23.3 Å². The minimum Gasteiger partial charge on any atom is -0.472 e. The fourth-order valence-corrected chi connectivity index (χ4v) is 5.52. The van der Waals surface area contributed by atoms with Gasteiger partial charge in [-0.2, -0.15) is 5.10 Å². The first kappa shape index (κ1) is 18.6. The van der Waals surface area contributed by atoms with Gasteiger partial charge in [-0.3, -0.25) is 0 Å².